The number of amides is 1. The van der Waals surface area contributed by atoms with E-state index in [2.05, 4.69) is 17.0 Å². The Bertz CT molecular complexity index is 892. The molecule has 5 heteroatoms. The molecular weight excluding hydrogens is 379 g/mol. The second-order valence-electron chi connectivity index (χ2n) is 8.90. The normalized spacial score (nSPS) is 27.6. The van der Waals surface area contributed by atoms with Gasteiger partial charge >= 0.3 is 6.09 Å². The van der Waals surface area contributed by atoms with E-state index in [1.165, 1.54) is 43.6 Å². The maximum atomic E-state index is 13.5. The van der Waals surface area contributed by atoms with Crippen LogP contribution in [0.5, 0.6) is 0 Å². The standard InChI is InChI=1S/C25H29FN2O2/c26-22-7-5-20(6-8-22)24-23-4-2-1-3-19(23)11-15-28(24)25(29)30-16-12-21-17-27-13-9-18(21)10-14-27/h1-8,18,21,24H,9-17H2/t21-,24+/m1/s1. The molecule has 2 aromatic rings. The quantitative estimate of drug-likeness (QED) is 0.739. The number of halogens is 1. The van der Waals surface area contributed by atoms with Crippen molar-refractivity contribution in [3.8, 4) is 0 Å². The second-order valence-corrected chi connectivity index (χ2v) is 8.90. The fraction of sp³-hybridized carbons (Fsp3) is 0.480. The Kier molecular flexibility index (Phi) is 5.47. The summed E-state index contributed by atoms with van der Waals surface area (Å²) in [5.74, 6) is 1.17. The van der Waals surface area contributed by atoms with Crippen LogP contribution in [0.15, 0.2) is 48.5 Å². The lowest BCUT2D eigenvalue weighted by molar-refractivity contribution is 0.0285. The molecule has 2 aromatic carbocycles. The fourth-order valence-corrected chi connectivity index (χ4v) is 5.56. The van der Waals surface area contributed by atoms with Gasteiger partial charge in [0.2, 0.25) is 0 Å². The van der Waals surface area contributed by atoms with Crippen molar-refractivity contribution >= 4 is 6.09 Å². The minimum atomic E-state index is -0.269. The minimum Gasteiger partial charge on any atom is -0.449 e. The third kappa shape index (κ3) is 3.83. The Hall–Kier alpha value is -2.40. The highest BCUT2D eigenvalue weighted by Gasteiger charge is 2.35. The summed E-state index contributed by atoms with van der Waals surface area (Å²) in [6, 6.07) is 14.4. The summed E-state index contributed by atoms with van der Waals surface area (Å²) in [5.41, 5.74) is 3.26. The van der Waals surface area contributed by atoms with Crippen LogP contribution < -0.4 is 0 Å². The minimum absolute atomic E-state index is 0.236. The number of benzene rings is 2. The van der Waals surface area contributed by atoms with Crippen LogP contribution >= 0.6 is 0 Å². The summed E-state index contributed by atoms with van der Waals surface area (Å²) in [4.78, 5) is 17.4. The van der Waals surface area contributed by atoms with E-state index in [-0.39, 0.29) is 18.0 Å². The van der Waals surface area contributed by atoms with Crippen LogP contribution in [0.4, 0.5) is 9.18 Å². The summed E-state index contributed by atoms with van der Waals surface area (Å²) in [7, 11) is 0. The van der Waals surface area contributed by atoms with Crippen molar-refractivity contribution < 1.29 is 13.9 Å². The van der Waals surface area contributed by atoms with Crippen molar-refractivity contribution in [1.82, 2.24) is 9.80 Å². The summed E-state index contributed by atoms with van der Waals surface area (Å²) < 4.78 is 19.3. The lowest BCUT2D eigenvalue weighted by Crippen LogP contribution is -2.47. The molecular formula is C25H29FN2O2. The van der Waals surface area contributed by atoms with Crippen molar-refractivity contribution in [1.29, 1.82) is 0 Å². The Balaban J connectivity index is 1.29. The average molecular weight is 409 g/mol. The van der Waals surface area contributed by atoms with Gasteiger partial charge in [0.1, 0.15) is 5.82 Å². The first kappa shape index (κ1) is 19.6. The van der Waals surface area contributed by atoms with Gasteiger partial charge in [-0.3, -0.25) is 4.90 Å². The molecule has 4 nitrogen and oxygen atoms in total. The molecule has 0 radical (unpaired) electrons. The van der Waals surface area contributed by atoms with Gasteiger partial charge in [0.05, 0.1) is 12.6 Å². The summed E-state index contributed by atoms with van der Waals surface area (Å²) in [6.07, 6.45) is 4.06. The molecule has 3 saturated heterocycles. The second kappa shape index (κ2) is 8.38. The molecule has 0 aromatic heterocycles. The van der Waals surface area contributed by atoms with Crippen LogP contribution in [0.2, 0.25) is 0 Å². The summed E-state index contributed by atoms with van der Waals surface area (Å²) >= 11 is 0. The van der Waals surface area contributed by atoms with Crippen molar-refractivity contribution in [3.63, 3.8) is 0 Å². The lowest BCUT2D eigenvalue weighted by atomic mass is 9.78. The third-order valence-electron chi connectivity index (χ3n) is 7.21. The van der Waals surface area contributed by atoms with E-state index in [4.69, 9.17) is 4.74 Å². The Morgan fingerprint density at radius 1 is 1.03 bits per heavy atom. The first-order valence-corrected chi connectivity index (χ1v) is 11.2. The monoisotopic (exact) mass is 408 g/mol. The molecule has 4 heterocycles. The SMILES string of the molecule is O=C(OCC[C@@H]1CN2CCC1CC2)N1CCc2ccccc2[C@@H]1c1ccc(F)cc1. The zero-order valence-corrected chi connectivity index (χ0v) is 17.3. The highest BCUT2D eigenvalue weighted by atomic mass is 19.1. The first-order valence-electron chi connectivity index (χ1n) is 11.2. The van der Waals surface area contributed by atoms with E-state index >= 15 is 0 Å². The highest BCUT2D eigenvalue weighted by molar-refractivity contribution is 5.70. The van der Waals surface area contributed by atoms with E-state index in [0.29, 0.717) is 19.1 Å². The van der Waals surface area contributed by atoms with Crippen LogP contribution in [-0.4, -0.2) is 48.7 Å². The van der Waals surface area contributed by atoms with E-state index in [1.807, 2.05) is 17.0 Å². The van der Waals surface area contributed by atoms with Gasteiger partial charge in [0.15, 0.2) is 0 Å². The summed E-state index contributed by atoms with van der Waals surface area (Å²) in [6.45, 7) is 4.69. The topological polar surface area (TPSA) is 32.8 Å². The van der Waals surface area contributed by atoms with Crippen LogP contribution in [-0.2, 0) is 11.2 Å². The van der Waals surface area contributed by atoms with Gasteiger partial charge in [-0.15, -0.1) is 0 Å². The predicted octanol–water partition coefficient (Wildman–Crippen LogP) is 4.64. The smallest absolute Gasteiger partial charge is 0.410 e. The number of hydrogen-bond donors (Lipinski definition) is 0. The molecule has 0 unspecified atom stereocenters. The zero-order valence-electron chi connectivity index (χ0n) is 17.3. The van der Waals surface area contributed by atoms with Gasteiger partial charge in [0, 0.05) is 13.1 Å². The lowest BCUT2D eigenvalue weighted by Gasteiger charge is -2.45. The molecule has 3 fully saturated rings. The molecule has 30 heavy (non-hydrogen) atoms. The Morgan fingerprint density at radius 2 is 1.80 bits per heavy atom. The van der Waals surface area contributed by atoms with Gasteiger partial charge in [0.25, 0.3) is 0 Å². The van der Waals surface area contributed by atoms with Crippen molar-refractivity contribution in [2.45, 2.75) is 31.7 Å². The van der Waals surface area contributed by atoms with Gasteiger partial charge in [-0.05, 0) is 79.4 Å². The van der Waals surface area contributed by atoms with Crippen LogP contribution in [0.1, 0.15) is 42.0 Å². The molecule has 0 aliphatic carbocycles. The van der Waals surface area contributed by atoms with Gasteiger partial charge in [-0.1, -0.05) is 36.4 Å². The van der Waals surface area contributed by atoms with Gasteiger partial charge in [-0.25, -0.2) is 9.18 Å². The van der Waals surface area contributed by atoms with Crippen LogP contribution in [0.25, 0.3) is 0 Å². The predicted molar refractivity (Wildman–Crippen MR) is 114 cm³/mol. The maximum Gasteiger partial charge on any atom is 0.410 e. The Morgan fingerprint density at radius 3 is 2.53 bits per heavy atom. The van der Waals surface area contributed by atoms with Crippen LogP contribution in [0, 0.1) is 17.7 Å². The number of piperidine rings is 3. The summed E-state index contributed by atoms with van der Waals surface area (Å²) in [5, 5.41) is 0. The molecule has 0 spiro atoms. The highest BCUT2D eigenvalue weighted by Crippen LogP contribution is 2.36. The molecule has 4 aliphatic heterocycles. The van der Waals surface area contributed by atoms with Crippen molar-refractivity contribution in [2.24, 2.45) is 11.8 Å². The molecule has 6 rings (SSSR count). The number of hydrogen-bond acceptors (Lipinski definition) is 3. The maximum absolute atomic E-state index is 13.5. The zero-order chi connectivity index (χ0) is 20.5. The first-order chi connectivity index (χ1) is 14.7. The number of nitrogens with zero attached hydrogens (tertiary/aromatic N) is 2. The number of carbonyl (C=O) groups is 1. The molecule has 1 amide bonds. The fourth-order valence-electron chi connectivity index (χ4n) is 5.56. The molecule has 2 atom stereocenters. The van der Waals surface area contributed by atoms with Crippen LogP contribution in [0.3, 0.4) is 0 Å². The molecule has 0 N–H and O–H groups in total. The molecule has 4 aliphatic rings. The Labute approximate surface area is 177 Å². The molecule has 0 saturated carbocycles. The van der Waals surface area contributed by atoms with E-state index in [1.54, 1.807) is 12.1 Å². The third-order valence-corrected chi connectivity index (χ3v) is 7.21. The van der Waals surface area contributed by atoms with Crippen molar-refractivity contribution in [3.05, 3.63) is 71.0 Å². The van der Waals surface area contributed by atoms with E-state index < -0.39 is 0 Å². The van der Waals surface area contributed by atoms with Gasteiger partial charge < -0.3 is 9.64 Å². The number of fused-ring (bicyclic) bond motifs is 4. The number of rotatable bonds is 4. The number of carbonyl (C=O) groups excluding carboxylic acids is 1. The van der Waals surface area contributed by atoms with E-state index in [9.17, 15) is 9.18 Å². The van der Waals surface area contributed by atoms with Gasteiger partial charge in [-0.2, -0.15) is 0 Å². The molecule has 158 valence electrons. The molecule has 2 bridgehead atoms. The van der Waals surface area contributed by atoms with E-state index in [0.717, 1.165) is 36.4 Å². The average Bonchev–Trinajstić information content (AvgIpc) is 2.80. The van der Waals surface area contributed by atoms with Crippen molar-refractivity contribution in [2.75, 3.05) is 32.8 Å². The number of ether oxygens (including phenoxy) is 1. The largest absolute Gasteiger partial charge is 0.449 e.